The summed E-state index contributed by atoms with van der Waals surface area (Å²) in [7, 11) is 2.33. The number of rotatable bonds is 2. The topological polar surface area (TPSA) is 84.0 Å². The summed E-state index contributed by atoms with van der Waals surface area (Å²) in [5, 5.41) is 0. The first-order valence-electron chi connectivity index (χ1n) is 4.14. The van der Waals surface area contributed by atoms with Crippen molar-refractivity contribution < 1.29 is 28.5 Å². The van der Waals surface area contributed by atoms with Crippen LogP contribution in [0.1, 0.15) is 0 Å². The molecular formula is C9H9NO6. The largest absolute Gasteiger partial charge is 0.514 e. The second kappa shape index (κ2) is 5.54. The first kappa shape index (κ1) is 11.8. The van der Waals surface area contributed by atoms with Crippen molar-refractivity contribution in [1.29, 1.82) is 0 Å². The van der Waals surface area contributed by atoms with Crippen LogP contribution in [0, 0.1) is 0 Å². The zero-order chi connectivity index (χ0) is 12.0. The molecular weight excluding hydrogens is 218 g/mol. The lowest BCUT2D eigenvalue weighted by Gasteiger charge is -2.04. The van der Waals surface area contributed by atoms with Crippen LogP contribution in [0.3, 0.4) is 0 Å². The van der Waals surface area contributed by atoms with E-state index in [0.29, 0.717) is 0 Å². The first-order chi connectivity index (χ1) is 7.65. The highest BCUT2D eigenvalue weighted by atomic mass is 16.7. The summed E-state index contributed by atoms with van der Waals surface area (Å²) in [6.07, 6.45) is -1.83. The molecule has 0 N–H and O–H groups in total. The number of pyridine rings is 1. The SMILES string of the molecule is COC(=O)Oc1cccc(OC(=O)OC)n1. The van der Waals surface area contributed by atoms with Gasteiger partial charge >= 0.3 is 12.3 Å². The highest BCUT2D eigenvalue weighted by molar-refractivity contribution is 5.64. The van der Waals surface area contributed by atoms with Gasteiger partial charge in [0.05, 0.1) is 14.2 Å². The van der Waals surface area contributed by atoms with Crippen LogP contribution in [0.5, 0.6) is 11.8 Å². The predicted octanol–water partition coefficient (Wildman–Crippen LogP) is 1.37. The van der Waals surface area contributed by atoms with E-state index in [9.17, 15) is 9.59 Å². The fourth-order valence-corrected chi connectivity index (χ4v) is 0.764. The van der Waals surface area contributed by atoms with Gasteiger partial charge in [0.1, 0.15) is 0 Å². The third kappa shape index (κ3) is 3.45. The first-order valence-corrected chi connectivity index (χ1v) is 4.14. The fraction of sp³-hybridized carbons (Fsp3) is 0.222. The predicted molar refractivity (Wildman–Crippen MR) is 50.3 cm³/mol. The van der Waals surface area contributed by atoms with Crippen molar-refractivity contribution in [2.45, 2.75) is 0 Å². The van der Waals surface area contributed by atoms with Crippen molar-refractivity contribution in [3.8, 4) is 11.8 Å². The minimum Gasteiger partial charge on any atom is -0.437 e. The maximum absolute atomic E-state index is 10.8. The molecule has 7 nitrogen and oxygen atoms in total. The van der Waals surface area contributed by atoms with Gasteiger partial charge in [-0.3, -0.25) is 0 Å². The number of hydrogen-bond acceptors (Lipinski definition) is 7. The lowest BCUT2D eigenvalue weighted by atomic mass is 10.5. The van der Waals surface area contributed by atoms with Gasteiger partial charge in [0, 0.05) is 12.1 Å². The summed E-state index contributed by atoms with van der Waals surface area (Å²) in [4.78, 5) is 25.2. The van der Waals surface area contributed by atoms with E-state index in [1.165, 1.54) is 18.2 Å². The highest BCUT2D eigenvalue weighted by Crippen LogP contribution is 2.14. The Bertz CT molecular complexity index is 358. The Morgan fingerprint density at radius 2 is 1.44 bits per heavy atom. The van der Waals surface area contributed by atoms with Gasteiger partial charge in [-0.05, 0) is 0 Å². The molecule has 0 spiro atoms. The summed E-state index contributed by atoms with van der Waals surface area (Å²) in [6, 6.07) is 4.30. The van der Waals surface area contributed by atoms with Gasteiger partial charge in [0.2, 0.25) is 11.8 Å². The van der Waals surface area contributed by atoms with E-state index in [4.69, 9.17) is 0 Å². The zero-order valence-electron chi connectivity index (χ0n) is 8.63. The second-order valence-electron chi connectivity index (χ2n) is 2.43. The van der Waals surface area contributed by atoms with Crippen molar-refractivity contribution in [2.24, 2.45) is 0 Å². The summed E-state index contributed by atoms with van der Waals surface area (Å²) in [5.41, 5.74) is 0. The van der Waals surface area contributed by atoms with Gasteiger partial charge in [0.15, 0.2) is 0 Å². The lowest BCUT2D eigenvalue weighted by Crippen LogP contribution is -2.11. The highest BCUT2D eigenvalue weighted by Gasteiger charge is 2.08. The number of carbonyl (C=O) groups is 2. The standard InChI is InChI=1S/C9H9NO6/c1-13-8(11)15-6-4-3-5-7(10-6)16-9(12)14-2/h3-5H,1-2H3. The van der Waals surface area contributed by atoms with Crippen LogP contribution in [0.2, 0.25) is 0 Å². The molecule has 1 aromatic heterocycles. The van der Waals surface area contributed by atoms with Crippen molar-refractivity contribution in [2.75, 3.05) is 14.2 Å². The van der Waals surface area contributed by atoms with E-state index < -0.39 is 12.3 Å². The van der Waals surface area contributed by atoms with Gasteiger partial charge in [-0.25, -0.2) is 9.59 Å². The van der Waals surface area contributed by atoms with Gasteiger partial charge in [-0.2, -0.15) is 4.98 Å². The van der Waals surface area contributed by atoms with Crippen LogP contribution in [-0.4, -0.2) is 31.5 Å². The monoisotopic (exact) mass is 227 g/mol. The van der Waals surface area contributed by atoms with Gasteiger partial charge < -0.3 is 18.9 Å². The van der Waals surface area contributed by atoms with Gasteiger partial charge in [-0.15, -0.1) is 0 Å². The molecule has 0 aliphatic rings. The van der Waals surface area contributed by atoms with Gasteiger partial charge in [0.25, 0.3) is 0 Å². The fourth-order valence-electron chi connectivity index (χ4n) is 0.764. The van der Waals surface area contributed by atoms with Crippen LogP contribution >= 0.6 is 0 Å². The molecule has 0 atom stereocenters. The molecule has 0 unspecified atom stereocenters. The lowest BCUT2D eigenvalue weighted by molar-refractivity contribution is 0.116. The molecule has 0 aromatic carbocycles. The van der Waals surface area contributed by atoms with Crippen molar-refractivity contribution in [3.63, 3.8) is 0 Å². The molecule has 0 aliphatic heterocycles. The molecule has 1 rings (SSSR count). The van der Waals surface area contributed by atoms with E-state index in [0.717, 1.165) is 14.2 Å². The Morgan fingerprint density at radius 3 is 1.81 bits per heavy atom. The molecule has 0 saturated carbocycles. The van der Waals surface area contributed by atoms with E-state index in [-0.39, 0.29) is 11.8 Å². The molecule has 1 heterocycles. The molecule has 0 fully saturated rings. The maximum Gasteiger partial charge on any atom is 0.514 e. The van der Waals surface area contributed by atoms with E-state index >= 15 is 0 Å². The summed E-state index contributed by atoms with van der Waals surface area (Å²) in [6.45, 7) is 0. The van der Waals surface area contributed by atoms with E-state index in [1.807, 2.05) is 0 Å². The number of nitrogens with zero attached hydrogens (tertiary/aromatic N) is 1. The third-order valence-electron chi connectivity index (χ3n) is 1.41. The second-order valence-corrected chi connectivity index (χ2v) is 2.43. The van der Waals surface area contributed by atoms with Crippen molar-refractivity contribution in [1.82, 2.24) is 4.98 Å². The Morgan fingerprint density at radius 1 is 1.00 bits per heavy atom. The zero-order valence-corrected chi connectivity index (χ0v) is 8.63. The number of carbonyl (C=O) groups excluding carboxylic acids is 2. The van der Waals surface area contributed by atoms with Crippen LogP contribution in [0.15, 0.2) is 18.2 Å². The molecule has 0 aliphatic carbocycles. The molecule has 86 valence electrons. The number of hydrogen-bond donors (Lipinski definition) is 0. The number of methoxy groups -OCH3 is 2. The summed E-state index contributed by atoms with van der Waals surface area (Å²) in [5.74, 6) is -0.0958. The van der Waals surface area contributed by atoms with E-state index in [1.54, 1.807) is 0 Å². The quantitative estimate of drug-likeness (QED) is 0.705. The average molecular weight is 227 g/mol. The minimum absolute atomic E-state index is 0.0479. The van der Waals surface area contributed by atoms with Gasteiger partial charge in [-0.1, -0.05) is 6.07 Å². The van der Waals surface area contributed by atoms with Crippen LogP contribution < -0.4 is 9.47 Å². The number of ether oxygens (including phenoxy) is 4. The normalized spacial score (nSPS) is 9.12. The Balaban J connectivity index is 2.71. The molecule has 1 aromatic rings. The van der Waals surface area contributed by atoms with Crippen molar-refractivity contribution in [3.05, 3.63) is 18.2 Å². The van der Waals surface area contributed by atoms with Crippen LogP contribution in [0.25, 0.3) is 0 Å². The molecule has 7 heteroatoms. The minimum atomic E-state index is -0.914. The smallest absolute Gasteiger partial charge is 0.437 e. The molecule has 0 amide bonds. The molecule has 0 radical (unpaired) electrons. The maximum atomic E-state index is 10.8. The Hall–Kier alpha value is -2.31. The Labute approximate surface area is 90.9 Å². The van der Waals surface area contributed by atoms with Crippen LogP contribution in [0.4, 0.5) is 9.59 Å². The van der Waals surface area contributed by atoms with E-state index in [2.05, 4.69) is 23.9 Å². The third-order valence-corrected chi connectivity index (χ3v) is 1.41. The summed E-state index contributed by atoms with van der Waals surface area (Å²) < 4.78 is 17.8. The van der Waals surface area contributed by atoms with Crippen molar-refractivity contribution >= 4 is 12.3 Å². The molecule has 16 heavy (non-hydrogen) atoms. The average Bonchev–Trinajstić information content (AvgIpc) is 2.29. The Kier molecular flexibility index (Phi) is 4.07. The summed E-state index contributed by atoms with van der Waals surface area (Å²) >= 11 is 0. The number of aromatic nitrogens is 1. The molecule has 0 saturated heterocycles. The van der Waals surface area contributed by atoms with Crippen LogP contribution in [-0.2, 0) is 9.47 Å². The molecule has 0 bridgehead atoms.